The minimum absolute atomic E-state index is 0.108. The lowest BCUT2D eigenvalue weighted by Crippen LogP contribution is -2.24. The van der Waals surface area contributed by atoms with E-state index in [1.807, 2.05) is 30.3 Å². The summed E-state index contributed by atoms with van der Waals surface area (Å²) < 4.78 is 5.49. The number of carbonyl (C=O) groups is 2. The molecule has 0 saturated carbocycles. The van der Waals surface area contributed by atoms with Crippen molar-refractivity contribution in [2.45, 2.75) is 5.75 Å². The standard InChI is InChI=1S/C20H20N4O3S/c1-21-20(26)24-16-9-7-15(8-10-16)22-18(25)13-28-12-17-11-27-19(23-17)14-5-3-2-4-6-14/h2-11H,12-13H2,1H3,(H,22,25)(H2,21,24,26). The van der Waals surface area contributed by atoms with Crippen LogP contribution in [0, 0.1) is 0 Å². The van der Waals surface area contributed by atoms with Crippen LogP contribution in [0.2, 0.25) is 0 Å². The molecule has 0 bridgehead atoms. The minimum atomic E-state index is -0.295. The minimum Gasteiger partial charge on any atom is -0.444 e. The van der Waals surface area contributed by atoms with Crippen molar-refractivity contribution in [2.24, 2.45) is 0 Å². The average molecular weight is 396 g/mol. The van der Waals surface area contributed by atoms with Crippen LogP contribution in [0.5, 0.6) is 0 Å². The summed E-state index contributed by atoms with van der Waals surface area (Å²) in [5.74, 6) is 1.35. The number of urea groups is 1. The Bertz CT molecular complexity index is 926. The van der Waals surface area contributed by atoms with Crippen molar-refractivity contribution in [3.8, 4) is 11.5 Å². The number of anilines is 2. The van der Waals surface area contributed by atoms with Crippen molar-refractivity contribution < 1.29 is 14.0 Å². The largest absolute Gasteiger partial charge is 0.444 e. The van der Waals surface area contributed by atoms with E-state index in [1.54, 1.807) is 37.6 Å². The van der Waals surface area contributed by atoms with Gasteiger partial charge >= 0.3 is 6.03 Å². The van der Waals surface area contributed by atoms with Gasteiger partial charge in [0, 0.05) is 29.7 Å². The maximum atomic E-state index is 12.1. The van der Waals surface area contributed by atoms with E-state index in [2.05, 4.69) is 20.9 Å². The zero-order chi connectivity index (χ0) is 19.8. The van der Waals surface area contributed by atoms with Crippen LogP contribution >= 0.6 is 11.8 Å². The number of oxazole rings is 1. The molecule has 144 valence electrons. The molecule has 2 aromatic carbocycles. The van der Waals surface area contributed by atoms with Gasteiger partial charge in [-0.2, -0.15) is 0 Å². The molecule has 0 aliphatic heterocycles. The molecule has 1 heterocycles. The van der Waals surface area contributed by atoms with Gasteiger partial charge in [0.25, 0.3) is 0 Å². The number of nitrogens with zero attached hydrogens (tertiary/aromatic N) is 1. The topological polar surface area (TPSA) is 96.3 Å². The smallest absolute Gasteiger partial charge is 0.318 e. The Hall–Kier alpha value is -3.26. The Morgan fingerprint density at radius 1 is 1.00 bits per heavy atom. The molecule has 3 rings (SSSR count). The Kier molecular flexibility index (Phi) is 6.69. The molecule has 0 radical (unpaired) electrons. The number of thioether (sulfide) groups is 1. The summed E-state index contributed by atoms with van der Waals surface area (Å²) in [6.45, 7) is 0. The van der Waals surface area contributed by atoms with Gasteiger partial charge in [-0.3, -0.25) is 4.79 Å². The molecule has 3 amide bonds. The normalized spacial score (nSPS) is 10.3. The number of carbonyl (C=O) groups excluding carboxylic acids is 2. The maximum absolute atomic E-state index is 12.1. The number of nitrogens with one attached hydrogen (secondary N) is 3. The van der Waals surface area contributed by atoms with Gasteiger partial charge < -0.3 is 20.4 Å². The van der Waals surface area contributed by atoms with Gasteiger partial charge in [0.15, 0.2) is 0 Å². The predicted molar refractivity (Wildman–Crippen MR) is 111 cm³/mol. The zero-order valence-electron chi connectivity index (χ0n) is 15.3. The van der Waals surface area contributed by atoms with Gasteiger partial charge in [-0.25, -0.2) is 9.78 Å². The van der Waals surface area contributed by atoms with Crippen LogP contribution in [0.1, 0.15) is 5.69 Å². The summed E-state index contributed by atoms with van der Waals surface area (Å²) in [7, 11) is 1.54. The van der Waals surface area contributed by atoms with Crippen LogP contribution in [-0.4, -0.2) is 29.7 Å². The van der Waals surface area contributed by atoms with Crippen molar-refractivity contribution in [2.75, 3.05) is 23.4 Å². The van der Waals surface area contributed by atoms with Gasteiger partial charge in [-0.1, -0.05) is 18.2 Å². The Balaban J connectivity index is 1.43. The van der Waals surface area contributed by atoms with Gasteiger partial charge in [0.05, 0.1) is 11.4 Å². The number of aromatic nitrogens is 1. The summed E-state index contributed by atoms with van der Waals surface area (Å²) in [5.41, 5.74) is 3.03. The highest BCUT2D eigenvalue weighted by atomic mass is 32.2. The van der Waals surface area contributed by atoms with Crippen LogP contribution in [0.4, 0.5) is 16.2 Å². The van der Waals surface area contributed by atoms with E-state index >= 15 is 0 Å². The average Bonchev–Trinajstić information content (AvgIpc) is 3.19. The second-order valence-corrected chi connectivity index (χ2v) is 6.82. The fourth-order valence-electron chi connectivity index (χ4n) is 2.36. The maximum Gasteiger partial charge on any atom is 0.318 e. The van der Waals surface area contributed by atoms with E-state index in [0.29, 0.717) is 28.8 Å². The van der Waals surface area contributed by atoms with E-state index in [4.69, 9.17) is 4.42 Å². The quantitative estimate of drug-likeness (QED) is 0.562. The molecule has 0 spiro atoms. The zero-order valence-corrected chi connectivity index (χ0v) is 16.1. The molecule has 7 nitrogen and oxygen atoms in total. The molecule has 0 aliphatic carbocycles. The van der Waals surface area contributed by atoms with Gasteiger partial charge in [-0.05, 0) is 36.4 Å². The van der Waals surface area contributed by atoms with Crippen LogP contribution in [0.25, 0.3) is 11.5 Å². The van der Waals surface area contributed by atoms with E-state index in [1.165, 1.54) is 11.8 Å². The Labute approximate surface area is 166 Å². The number of hydrogen-bond donors (Lipinski definition) is 3. The van der Waals surface area contributed by atoms with Gasteiger partial charge in [-0.15, -0.1) is 11.8 Å². The number of benzene rings is 2. The second kappa shape index (κ2) is 9.61. The van der Waals surface area contributed by atoms with E-state index in [-0.39, 0.29) is 11.9 Å². The van der Waals surface area contributed by atoms with E-state index in [9.17, 15) is 9.59 Å². The SMILES string of the molecule is CNC(=O)Nc1ccc(NC(=O)CSCc2coc(-c3ccccc3)n2)cc1. The molecule has 1 aromatic heterocycles. The molecular weight excluding hydrogens is 376 g/mol. The number of hydrogen-bond acceptors (Lipinski definition) is 5. The first-order chi connectivity index (χ1) is 13.6. The fourth-order valence-corrected chi connectivity index (χ4v) is 3.06. The highest BCUT2D eigenvalue weighted by molar-refractivity contribution is 7.99. The molecule has 8 heteroatoms. The Morgan fingerprint density at radius 3 is 2.36 bits per heavy atom. The second-order valence-electron chi connectivity index (χ2n) is 5.83. The fraction of sp³-hybridized carbons (Fsp3) is 0.150. The molecular formula is C20H20N4O3S. The third kappa shape index (κ3) is 5.62. The lowest BCUT2D eigenvalue weighted by molar-refractivity contribution is -0.113. The van der Waals surface area contributed by atoms with Crippen LogP contribution in [-0.2, 0) is 10.5 Å². The Morgan fingerprint density at radius 2 is 1.68 bits per heavy atom. The number of rotatable bonds is 7. The molecule has 0 atom stereocenters. The van der Waals surface area contributed by atoms with Crippen LogP contribution < -0.4 is 16.0 Å². The van der Waals surface area contributed by atoms with Crippen molar-refractivity contribution in [3.05, 3.63) is 66.6 Å². The lowest BCUT2D eigenvalue weighted by atomic mass is 10.2. The first-order valence-electron chi connectivity index (χ1n) is 8.60. The van der Waals surface area contributed by atoms with Crippen molar-refractivity contribution in [1.29, 1.82) is 0 Å². The lowest BCUT2D eigenvalue weighted by Gasteiger charge is -2.07. The number of amides is 3. The summed E-state index contributed by atoms with van der Waals surface area (Å²) in [4.78, 5) is 27.8. The van der Waals surface area contributed by atoms with Gasteiger partial charge in [0.2, 0.25) is 11.8 Å². The summed E-state index contributed by atoms with van der Waals surface area (Å²) >= 11 is 1.46. The van der Waals surface area contributed by atoms with Crippen molar-refractivity contribution in [3.63, 3.8) is 0 Å². The third-order valence-corrected chi connectivity index (χ3v) is 4.68. The molecule has 0 unspecified atom stereocenters. The highest BCUT2D eigenvalue weighted by Gasteiger charge is 2.08. The van der Waals surface area contributed by atoms with Crippen LogP contribution in [0.15, 0.2) is 65.3 Å². The highest BCUT2D eigenvalue weighted by Crippen LogP contribution is 2.20. The summed E-state index contributed by atoms with van der Waals surface area (Å²) in [6, 6.07) is 16.3. The molecule has 3 N–H and O–H groups in total. The van der Waals surface area contributed by atoms with Crippen molar-refractivity contribution in [1.82, 2.24) is 10.3 Å². The first-order valence-corrected chi connectivity index (χ1v) is 9.76. The monoisotopic (exact) mass is 396 g/mol. The summed E-state index contributed by atoms with van der Waals surface area (Å²) in [5, 5.41) is 7.95. The molecule has 3 aromatic rings. The molecule has 28 heavy (non-hydrogen) atoms. The predicted octanol–water partition coefficient (Wildman–Crippen LogP) is 3.96. The molecule has 0 saturated heterocycles. The van der Waals surface area contributed by atoms with Crippen LogP contribution in [0.3, 0.4) is 0 Å². The first kappa shape index (κ1) is 19.5. The third-order valence-electron chi connectivity index (χ3n) is 3.71. The molecule has 0 aliphatic rings. The van der Waals surface area contributed by atoms with E-state index in [0.717, 1.165) is 11.3 Å². The van der Waals surface area contributed by atoms with Crippen molar-refractivity contribution >= 4 is 35.1 Å². The summed E-state index contributed by atoms with van der Waals surface area (Å²) in [6.07, 6.45) is 1.62. The molecule has 0 fully saturated rings. The van der Waals surface area contributed by atoms with E-state index < -0.39 is 0 Å². The van der Waals surface area contributed by atoms with Gasteiger partial charge in [0.1, 0.15) is 6.26 Å².